The molecule has 0 spiro atoms. The summed E-state index contributed by atoms with van der Waals surface area (Å²) in [6, 6.07) is 7.83. The zero-order valence-corrected chi connectivity index (χ0v) is 13.5. The molecule has 3 rings (SSSR count). The fourth-order valence-corrected chi connectivity index (χ4v) is 2.92. The van der Waals surface area contributed by atoms with Crippen molar-refractivity contribution < 1.29 is 9.18 Å². The van der Waals surface area contributed by atoms with E-state index in [2.05, 4.69) is 20.6 Å². The number of aromatic nitrogens is 2. The van der Waals surface area contributed by atoms with Crippen LogP contribution in [0.2, 0.25) is 0 Å². The highest BCUT2D eigenvalue weighted by Crippen LogP contribution is 2.18. The first-order valence-electron chi connectivity index (χ1n) is 8.37. The maximum absolute atomic E-state index is 13.2. The number of rotatable bonds is 4. The number of carbonyl (C=O) groups excluding carboxylic acids is 1. The van der Waals surface area contributed by atoms with Crippen LogP contribution in [-0.4, -0.2) is 21.9 Å². The summed E-state index contributed by atoms with van der Waals surface area (Å²) in [5.41, 5.74) is 0.851. The third kappa shape index (κ3) is 4.50. The molecule has 2 aromatic rings. The second-order valence-corrected chi connectivity index (χ2v) is 6.06. The Hall–Kier alpha value is -2.50. The van der Waals surface area contributed by atoms with E-state index in [1.807, 2.05) is 0 Å². The molecule has 0 saturated heterocycles. The maximum atomic E-state index is 13.2. The van der Waals surface area contributed by atoms with E-state index < -0.39 is 0 Å². The number of hydrogen-bond donors (Lipinski definition) is 2. The van der Waals surface area contributed by atoms with Gasteiger partial charge in [-0.1, -0.05) is 31.7 Å². The van der Waals surface area contributed by atoms with Crippen LogP contribution in [-0.2, 0) is 0 Å². The molecule has 1 aromatic heterocycles. The Morgan fingerprint density at radius 1 is 1.12 bits per heavy atom. The number of nitrogens with one attached hydrogen (secondary N) is 2. The average molecular weight is 328 g/mol. The second kappa shape index (κ2) is 7.86. The van der Waals surface area contributed by atoms with Gasteiger partial charge in [0.25, 0.3) is 5.91 Å². The van der Waals surface area contributed by atoms with E-state index in [4.69, 9.17) is 0 Å². The number of nitrogens with zero attached hydrogens (tertiary/aromatic N) is 2. The average Bonchev–Trinajstić information content (AvgIpc) is 2.84. The van der Waals surface area contributed by atoms with Crippen molar-refractivity contribution in [3.8, 4) is 0 Å². The Balaban J connectivity index is 1.66. The van der Waals surface area contributed by atoms with E-state index in [-0.39, 0.29) is 23.7 Å². The molecule has 6 heteroatoms. The summed E-state index contributed by atoms with van der Waals surface area (Å²) in [6.45, 7) is 0. The zero-order chi connectivity index (χ0) is 16.8. The normalized spacial score (nSPS) is 15.5. The first-order valence-corrected chi connectivity index (χ1v) is 8.37. The lowest BCUT2D eigenvalue weighted by Crippen LogP contribution is -2.35. The molecule has 0 unspecified atom stereocenters. The fourth-order valence-electron chi connectivity index (χ4n) is 2.92. The molecule has 0 radical (unpaired) electrons. The van der Waals surface area contributed by atoms with Gasteiger partial charge in [0.05, 0.1) is 0 Å². The molecule has 1 aromatic carbocycles. The molecule has 5 nitrogen and oxygen atoms in total. The Morgan fingerprint density at radius 2 is 1.92 bits per heavy atom. The van der Waals surface area contributed by atoms with Crippen LogP contribution in [0.15, 0.2) is 36.5 Å². The number of amides is 1. The molecule has 1 aliphatic rings. The van der Waals surface area contributed by atoms with Gasteiger partial charge in [0.2, 0.25) is 5.95 Å². The van der Waals surface area contributed by atoms with Gasteiger partial charge in [0.15, 0.2) is 0 Å². The Kier molecular flexibility index (Phi) is 5.36. The third-order valence-corrected chi connectivity index (χ3v) is 4.16. The summed E-state index contributed by atoms with van der Waals surface area (Å²) < 4.78 is 13.2. The smallest absolute Gasteiger partial charge is 0.270 e. The van der Waals surface area contributed by atoms with Crippen molar-refractivity contribution in [3.63, 3.8) is 0 Å². The van der Waals surface area contributed by atoms with Crippen molar-refractivity contribution in [2.24, 2.45) is 0 Å². The van der Waals surface area contributed by atoms with Gasteiger partial charge >= 0.3 is 0 Å². The zero-order valence-electron chi connectivity index (χ0n) is 13.5. The maximum Gasteiger partial charge on any atom is 0.270 e. The Morgan fingerprint density at radius 3 is 2.67 bits per heavy atom. The van der Waals surface area contributed by atoms with Gasteiger partial charge < -0.3 is 10.6 Å². The van der Waals surface area contributed by atoms with Gasteiger partial charge in [-0.05, 0) is 37.1 Å². The quantitative estimate of drug-likeness (QED) is 0.838. The highest BCUT2D eigenvalue weighted by Gasteiger charge is 2.17. The largest absolute Gasteiger partial charge is 0.348 e. The lowest BCUT2D eigenvalue weighted by molar-refractivity contribution is 0.0928. The van der Waals surface area contributed by atoms with E-state index >= 15 is 0 Å². The molecular weight excluding hydrogens is 307 g/mol. The second-order valence-electron chi connectivity index (χ2n) is 6.06. The highest BCUT2D eigenvalue weighted by atomic mass is 19.1. The summed E-state index contributed by atoms with van der Waals surface area (Å²) in [7, 11) is 0. The molecule has 24 heavy (non-hydrogen) atoms. The highest BCUT2D eigenvalue weighted by molar-refractivity contribution is 5.92. The van der Waals surface area contributed by atoms with Crippen LogP contribution in [0.3, 0.4) is 0 Å². The minimum absolute atomic E-state index is 0.188. The summed E-state index contributed by atoms with van der Waals surface area (Å²) in [5.74, 6) is -0.261. The molecular formula is C18H21FN4O. The van der Waals surface area contributed by atoms with E-state index in [9.17, 15) is 9.18 Å². The first-order chi connectivity index (χ1) is 11.7. The monoisotopic (exact) mass is 328 g/mol. The van der Waals surface area contributed by atoms with Crippen LogP contribution >= 0.6 is 0 Å². The van der Waals surface area contributed by atoms with Crippen LogP contribution < -0.4 is 10.6 Å². The summed E-state index contributed by atoms with van der Waals surface area (Å²) in [6.07, 6.45) is 8.35. The predicted octanol–water partition coefficient (Wildman–Crippen LogP) is 3.81. The Labute approximate surface area is 140 Å². The van der Waals surface area contributed by atoms with Crippen molar-refractivity contribution in [2.75, 3.05) is 5.32 Å². The van der Waals surface area contributed by atoms with Crippen molar-refractivity contribution in [2.45, 2.75) is 44.6 Å². The van der Waals surface area contributed by atoms with Gasteiger partial charge in [0, 0.05) is 17.9 Å². The van der Waals surface area contributed by atoms with E-state index in [1.165, 1.54) is 31.2 Å². The first kappa shape index (κ1) is 16.4. The molecule has 1 amide bonds. The molecule has 1 fully saturated rings. The Bertz CT molecular complexity index is 699. The summed E-state index contributed by atoms with van der Waals surface area (Å²) >= 11 is 0. The van der Waals surface area contributed by atoms with Crippen LogP contribution in [0.25, 0.3) is 0 Å². The standard InChI is InChI=1S/C18H21FN4O/c19-13-6-5-9-15(12-13)22-18-20-11-10-16(23-18)17(24)21-14-7-3-1-2-4-8-14/h5-6,9-12,14H,1-4,7-8H2,(H,21,24)(H,20,22,23). The molecule has 126 valence electrons. The van der Waals surface area contributed by atoms with Crippen molar-refractivity contribution in [3.05, 3.63) is 48.0 Å². The number of anilines is 2. The van der Waals surface area contributed by atoms with Crippen LogP contribution in [0.1, 0.15) is 49.0 Å². The van der Waals surface area contributed by atoms with E-state index in [0.29, 0.717) is 11.4 Å². The lowest BCUT2D eigenvalue weighted by Gasteiger charge is -2.16. The molecule has 0 aliphatic heterocycles. The molecule has 0 atom stereocenters. The van der Waals surface area contributed by atoms with Gasteiger partial charge in [0.1, 0.15) is 11.5 Å². The molecule has 1 heterocycles. The van der Waals surface area contributed by atoms with Crippen molar-refractivity contribution in [1.29, 1.82) is 0 Å². The summed E-state index contributed by atoms with van der Waals surface area (Å²) in [4.78, 5) is 20.7. The molecule has 2 N–H and O–H groups in total. The van der Waals surface area contributed by atoms with Gasteiger partial charge in [-0.3, -0.25) is 4.79 Å². The molecule has 0 bridgehead atoms. The number of hydrogen-bond acceptors (Lipinski definition) is 4. The van der Waals surface area contributed by atoms with Crippen LogP contribution in [0.4, 0.5) is 16.0 Å². The van der Waals surface area contributed by atoms with Gasteiger partial charge in [-0.25, -0.2) is 14.4 Å². The van der Waals surface area contributed by atoms with E-state index in [0.717, 1.165) is 25.7 Å². The van der Waals surface area contributed by atoms with E-state index in [1.54, 1.807) is 18.2 Å². The molecule has 1 saturated carbocycles. The van der Waals surface area contributed by atoms with Gasteiger partial charge in [-0.2, -0.15) is 0 Å². The lowest BCUT2D eigenvalue weighted by atomic mass is 10.1. The fraction of sp³-hybridized carbons (Fsp3) is 0.389. The predicted molar refractivity (Wildman–Crippen MR) is 90.7 cm³/mol. The minimum atomic E-state index is -0.345. The van der Waals surface area contributed by atoms with Crippen LogP contribution in [0.5, 0.6) is 0 Å². The number of halogens is 1. The topological polar surface area (TPSA) is 66.9 Å². The van der Waals surface area contributed by atoms with Gasteiger partial charge in [-0.15, -0.1) is 0 Å². The third-order valence-electron chi connectivity index (χ3n) is 4.16. The summed E-state index contributed by atoms with van der Waals surface area (Å²) in [5, 5.41) is 5.97. The number of carbonyl (C=O) groups is 1. The number of benzene rings is 1. The van der Waals surface area contributed by atoms with Crippen molar-refractivity contribution >= 4 is 17.5 Å². The SMILES string of the molecule is O=C(NC1CCCCCC1)c1ccnc(Nc2cccc(F)c2)n1. The van der Waals surface area contributed by atoms with Crippen LogP contribution in [0, 0.1) is 5.82 Å². The minimum Gasteiger partial charge on any atom is -0.348 e. The molecule has 1 aliphatic carbocycles. The van der Waals surface area contributed by atoms with Crippen molar-refractivity contribution in [1.82, 2.24) is 15.3 Å².